The number of hydrogen-bond donors (Lipinski definition) is 1. The molecule has 0 bridgehead atoms. The zero-order valence-electron chi connectivity index (χ0n) is 16.1. The van der Waals surface area contributed by atoms with Crippen molar-refractivity contribution in [1.82, 2.24) is 10.2 Å². The number of nitrogens with one attached hydrogen (secondary N) is 1. The molecule has 0 spiro atoms. The summed E-state index contributed by atoms with van der Waals surface area (Å²) in [5, 5.41) is 3.12. The molecule has 2 aliphatic rings. The van der Waals surface area contributed by atoms with Crippen LogP contribution in [0.4, 0.5) is 5.69 Å². The van der Waals surface area contributed by atoms with Crippen LogP contribution in [0, 0.1) is 5.92 Å². The normalized spacial score (nSPS) is 21.4. The van der Waals surface area contributed by atoms with Gasteiger partial charge in [0, 0.05) is 36.7 Å². The fraction of sp³-hybridized carbons (Fsp3) is 0.524. The molecule has 1 unspecified atom stereocenters. The number of piperidine rings is 1. The number of para-hydroxylation sites is 1. The van der Waals surface area contributed by atoms with E-state index >= 15 is 0 Å². The van der Waals surface area contributed by atoms with Crippen LogP contribution in [0.1, 0.15) is 33.1 Å². The van der Waals surface area contributed by atoms with Crippen molar-refractivity contribution >= 4 is 33.4 Å². The van der Waals surface area contributed by atoms with E-state index in [2.05, 4.69) is 46.1 Å². The van der Waals surface area contributed by atoms with E-state index in [4.69, 9.17) is 0 Å². The number of carbonyl (C=O) groups is 2. The van der Waals surface area contributed by atoms with Gasteiger partial charge in [-0.15, -0.1) is 0 Å². The highest BCUT2D eigenvalue weighted by Gasteiger charge is 2.39. The van der Waals surface area contributed by atoms with Gasteiger partial charge < -0.3 is 10.2 Å². The first-order valence-electron chi connectivity index (χ1n) is 9.67. The Labute approximate surface area is 169 Å². The molecule has 2 heterocycles. The molecule has 146 valence electrons. The van der Waals surface area contributed by atoms with Gasteiger partial charge in [0.25, 0.3) is 0 Å². The molecule has 0 radical (unpaired) electrons. The van der Waals surface area contributed by atoms with Crippen LogP contribution < -0.4 is 10.2 Å². The molecular formula is C21H28BrN3O2. The molecule has 2 amide bonds. The average Bonchev–Trinajstić information content (AvgIpc) is 3.03. The number of anilines is 1. The second-order valence-electron chi connectivity index (χ2n) is 7.65. The Morgan fingerprint density at radius 2 is 1.89 bits per heavy atom. The Morgan fingerprint density at radius 1 is 1.19 bits per heavy atom. The molecule has 1 N–H and O–H groups in total. The van der Waals surface area contributed by atoms with Crippen LogP contribution in [0.15, 0.2) is 40.4 Å². The predicted molar refractivity (Wildman–Crippen MR) is 112 cm³/mol. The van der Waals surface area contributed by atoms with Gasteiger partial charge in [-0.05, 0) is 61.2 Å². The minimum absolute atomic E-state index is 0.0969. The van der Waals surface area contributed by atoms with E-state index in [1.54, 1.807) is 4.90 Å². The van der Waals surface area contributed by atoms with Crippen molar-refractivity contribution in [3.63, 3.8) is 0 Å². The van der Waals surface area contributed by atoms with Gasteiger partial charge in [-0.1, -0.05) is 23.8 Å². The fourth-order valence-electron chi connectivity index (χ4n) is 3.71. The molecule has 3 rings (SSSR count). The summed E-state index contributed by atoms with van der Waals surface area (Å²) in [6.07, 6.45) is 4.70. The summed E-state index contributed by atoms with van der Waals surface area (Å²) in [7, 11) is 0. The van der Waals surface area contributed by atoms with Crippen molar-refractivity contribution in [2.75, 3.05) is 31.1 Å². The molecule has 0 aliphatic carbocycles. The van der Waals surface area contributed by atoms with E-state index in [0.717, 1.165) is 42.6 Å². The van der Waals surface area contributed by atoms with Crippen molar-refractivity contribution in [3.05, 3.63) is 40.4 Å². The summed E-state index contributed by atoms with van der Waals surface area (Å²) >= 11 is 3.49. The first-order chi connectivity index (χ1) is 13.0. The quantitative estimate of drug-likeness (QED) is 0.571. The number of rotatable bonds is 5. The van der Waals surface area contributed by atoms with E-state index in [0.29, 0.717) is 13.0 Å². The number of nitrogens with zero attached hydrogens (tertiary/aromatic N) is 2. The Morgan fingerprint density at radius 3 is 2.56 bits per heavy atom. The molecule has 0 aromatic heterocycles. The number of amides is 2. The SMILES string of the molecule is CC(C)=CCN1CCC(NC(=O)C2CCN(c3ccccc3Br)C2=O)CC1. The Hall–Kier alpha value is -1.66. The topological polar surface area (TPSA) is 52.7 Å². The number of carbonyl (C=O) groups excluding carboxylic acids is 2. The largest absolute Gasteiger partial charge is 0.353 e. The van der Waals surface area contributed by atoms with E-state index in [1.807, 2.05) is 24.3 Å². The first-order valence-corrected chi connectivity index (χ1v) is 10.5. The Bertz CT molecular complexity index is 722. The van der Waals surface area contributed by atoms with Gasteiger partial charge in [-0.2, -0.15) is 0 Å². The fourth-order valence-corrected chi connectivity index (χ4v) is 4.21. The van der Waals surface area contributed by atoms with Gasteiger partial charge in [-0.25, -0.2) is 0 Å². The van der Waals surface area contributed by atoms with Crippen molar-refractivity contribution in [3.8, 4) is 0 Å². The predicted octanol–water partition coefficient (Wildman–Crippen LogP) is 3.35. The average molecular weight is 434 g/mol. The van der Waals surface area contributed by atoms with E-state index in [9.17, 15) is 9.59 Å². The molecule has 5 nitrogen and oxygen atoms in total. The summed E-state index contributed by atoms with van der Waals surface area (Å²) in [6.45, 7) is 7.75. The first kappa shape index (κ1) is 20.1. The number of allylic oxidation sites excluding steroid dienone is 1. The molecule has 2 fully saturated rings. The Kier molecular flexibility index (Phi) is 6.71. The van der Waals surface area contributed by atoms with Crippen molar-refractivity contribution in [2.24, 2.45) is 5.92 Å². The van der Waals surface area contributed by atoms with E-state index < -0.39 is 5.92 Å². The number of likely N-dealkylation sites (tertiary alicyclic amines) is 1. The lowest BCUT2D eigenvalue weighted by molar-refractivity contribution is -0.132. The van der Waals surface area contributed by atoms with Gasteiger partial charge in [-0.3, -0.25) is 14.5 Å². The summed E-state index contributed by atoms with van der Waals surface area (Å²) in [5.74, 6) is -0.779. The van der Waals surface area contributed by atoms with Crippen LogP contribution in [0.5, 0.6) is 0 Å². The molecule has 27 heavy (non-hydrogen) atoms. The number of benzene rings is 1. The van der Waals surface area contributed by atoms with Gasteiger partial charge in [0.2, 0.25) is 11.8 Å². The molecular weight excluding hydrogens is 406 g/mol. The maximum atomic E-state index is 12.8. The zero-order chi connectivity index (χ0) is 19.4. The summed E-state index contributed by atoms with van der Waals surface area (Å²) in [5.41, 5.74) is 2.17. The van der Waals surface area contributed by atoms with Crippen LogP contribution in [-0.2, 0) is 9.59 Å². The van der Waals surface area contributed by atoms with Crippen LogP contribution in [0.3, 0.4) is 0 Å². The van der Waals surface area contributed by atoms with Crippen LogP contribution in [0.25, 0.3) is 0 Å². The van der Waals surface area contributed by atoms with Gasteiger partial charge >= 0.3 is 0 Å². The smallest absolute Gasteiger partial charge is 0.239 e. The molecule has 1 aromatic carbocycles. The highest BCUT2D eigenvalue weighted by molar-refractivity contribution is 9.10. The van der Waals surface area contributed by atoms with Crippen molar-refractivity contribution in [1.29, 1.82) is 0 Å². The molecule has 0 saturated carbocycles. The number of hydrogen-bond acceptors (Lipinski definition) is 3. The summed E-state index contributed by atoms with van der Waals surface area (Å²) in [6, 6.07) is 7.82. The minimum Gasteiger partial charge on any atom is -0.353 e. The third-order valence-electron chi connectivity index (χ3n) is 5.36. The lowest BCUT2D eigenvalue weighted by Crippen LogP contribution is -2.47. The van der Waals surface area contributed by atoms with Gasteiger partial charge in [0.05, 0.1) is 5.69 Å². The zero-order valence-corrected chi connectivity index (χ0v) is 17.7. The Balaban J connectivity index is 1.52. The van der Waals surface area contributed by atoms with Gasteiger partial charge in [0.15, 0.2) is 0 Å². The molecule has 2 aliphatic heterocycles. The van der Waals surface area contributed by atoms with Crippen LogP contribution >= 0.6 is 15.9 Å². The molecule has 6 heteroatoms. The third kappa shape index (κ3) is 4.99. The monoisotopic (exact) mass is 433 g/mol. The van der Waals surface area contributed by atoms with Crippen molar-refractivity contribution in [2.45, 2.75) is 39.2 Å². The summed E-state index contributed by atoms with van der Waals surface area (Å²) in [4.78, 5) is 29.6. The van der Waals surface area contributed by atoms with E-state index in [1.165, 1.54) is 5.57 Å². The number of halogens is 1. The second kappa shape index (κ2) is 9.02. The van der Waals surface area contributed by atoms with Crippen LogP contribution in [0.2, 0.25) is 0 Å². The minimum atomic E-state index is -0.569. The van der Waals surface area contributed by atoms with Crippen LogP contribution in [-0.4, -0.2) is 48.9 Å². The van der Waals surface area contributed by atoms with E-state index in [-0.39, 0.29) is 17.9 Å². The second-order valence-corrected chi connectivity index (χ2v) is 8.50. The van der Waals surface area contributed by atoms with Gasteiger partial charge in [0.1, 0.15) is 5.92 Å². The maximum absolute atomic E-state index is 12.8. The maximum Gasteiger partial charge on any atom is 0.239 e. The lowest BCUT2D eigenvalue weighted by Gasteiger charge is -2.32. The molecule has 1 atom stereocenters. The lowest BCUT2D eigenvalue weighted by atomic mass is 10.0. The molecule has 2 saturated heterocycles. The third-order valence-corrected chi connectivity index (χ3v) is 6.03. The van der Waals surface area contributed by atoms with Crippen molar-refractivity contribution < 1.29 is 9.59 Å². The highest BCUT2D eigenvalue weighted by Crippen LogP contribution is 2.31. The standard InChI is InChI=1S/C21H28BrN3O2/c1-15(2)7-11-24-12-8-16(9-13-24)23-20(26)17-10-14-25(21(17)27)19-6-4-3-5-18(19)22/h3-7,16-17H,8-14H2,1-2H3,(H,23,26). The highest BCUT2D eigenvalue weighted by atomic mass is 79.9. The summed E-state index contributed by atoms with van der Waals surface area (Å²) < 4.78 is 0.878. The molecule has 1 aromatic rings.